The number of hydrogen-bond donors (Lipinski definition) is 1. The highest BCUT2D eigenvalue weighted by molar-refractivity contribution is 8.01. The van der Waals surface area contributed by atoms with Crippen LogP contribution in [-0.4, -0.2) is 16.4 Å². The number of thioether (sulfide) groups is 1. The summed E-state index contributed by atoms with van der Waals surface area (Å²) >= 11 is 1.44. The van der Waals surface area contributed by atoms with Gasteiger partial charge in [-0.05, 0) is 26.0 Å². The molecule has 1 amide bonds. The van der Waals surface area contributed by atoms with Crippen molar-refractivity contribution in [3.63, 3.8) is 0 Å². The zero-order chi connectivity index (χ0) is 12.2. The molecule has 1 aromatic carbocycles. The van der Waals surface area contributed by atoms with E-state index >= 15 is 0 Å². The molecule has 16 heavy (non-hydrogen) atoms. The number of carbonyl (C=O) groups excluding carboxylic acids is 2. The molecule has 0 spiro atoms. The summed E-state index contributed by atoms with van der Waals surface area (Å²) < 4.78 is -0.629. The van der Waals surface area contributed by atoms with E-state index in [0.29, 0.717) is 0 Å². The molecule has 0 radical (unpaired) electrons. The van der Waals surface area contributed by atoms with Crippen LogP contribution in [0.15, 0.2) is 35.2 Å². The minimum atomic E-state index is -0.629. The first-order chi connectivity index (χ1) is 7.42. The largest absolute Gasteiger partial charge is 0.369 e. The number of Topliss-reactive ketones (excluding diaryl/α,β-unsaturated/α-hetero) is 1. The van der Waals surface area contributed by atoms with Crippen LogP contribution in [0, 0.1) is 0 Å². The lowest BCUT2D eigenvalue weighted by molar-refractivity contribution is -0.127. The summed E-state index contributed by atoms with van der Waals surface area (Å²) in [6.45, 7) is 3.60. The standard InChI is InChI=1S/C12H15NO2S/c1-12(2,10(14)8-11(13)15)16-9-6-4-3-5-7-9/h3-7H,8H2,1-2H3,(H2,13,15). The zero-order valence-corrected chi connectivity index (χ0v) is 10.2. The lowest BCUT2D eigenvalue weighted by Gasteiger charge is -2.21. The average molecular weight is 237 g/mol. The Balaban J connectivity index is 2.71. The summed E-state index contributed by atoms with van der Waals surface area (Å²) in [6, 6.07) is 9.62. The van der Waals surface area contributed by atoms with Gasteiger partial charge < -0.3 is 5.73 Å². The molecule has 0 heterocycles. The average Bonchev–Trinajstić information content (AvgIpc) is 2.17. The van der Waals surface area contributed by atoms with Crippen molar-refractivity contribution in [3.05, 3.63) is 30.3 Å². The van der Waals surface area contributed by atoms with Crippen LogP contribution in [0.2, 0.25) is 0 Å². The fraction of sp³-hybridized carbons (Fsp3) is 0.333. The number of amides is 1. The molecule has 0 aliphatic carbocycles. The quantitative estimate of drug-likeness (QED) is 0.629. The molecule has 1 rings (SSSR count). The van der Waals surface area contributed by atoms with E-state index in [2.05, 4.69) is 0 Å². The van der Waals surface area contributed by atoms with Gasteiger partial charge >= 0.3 is 0 Å². The van der Waals surface area contributed by atoms with Crippen molar-refractivity contribution in [1.82, 2.24) is 0 Å². The highest BCUT2D eigenvalue weighted by Gasteiger charge is 2.29. The maximum atomic E-state index is 11.8. The van der Waals surface area contributed by atoms with Crippen molar-refractivity contribution >= 4 is 23.5 Å². The van der Waals surface area contributed by atoms with Gasteiger partial charge in [0.2, 0.25) is 5.91 Å². The summed E-state index contributed by atoms with van der Waals surface area (Å²) in [6.07, 6.45) is -0.202. The topological polar surface area (TPSA) is 60.2 Å². The predicted octanol–water partition coefficient (Wildman–Crippen LogP) is 2.00. The minimum absolute atomic E-state index is 0.145. The van der Waals surface area contributed by atoms with E-state index in [1.807, 2.05) is 30.3 Å². The summed E-state index contributed by atoms with van der Waals surface area (Å²) in [5.41, 5.74) is 5.01. The van der Waals surface area contributed by atoms with Crippen LogP contribution in [-0.2, 0) is 9.59 Å². The Labute approximate surface area is 99.4 Å². The summed E-state index contributed by atoms with van der Waals surface area (Å²) in [7, 11) is 0. The van der Waals surface area contributed by atoms with E-state index in [0.717, 1.165) is 4.90 Å². The molecular weight excluding hydrogens is 222 g/mol. The third-order valence-electron chi connectivity index (χ3n) is 2.12. The van der Waals surface area contributed by atoms with E-state index in [1.165, 1.54) is 11.8 Å². The van der Waals surface area contributed by atoms with Gasteiger partial charge in [0.15, 0.2) is 5.78 Å². The van der Waals surface area contributed by atoms with Gasteiger partial charge in [0.25, 0.3) is 0 Å². The van der Waals surface area contributed by atoms with Crippen molar-refractivity contribution in [1.29, 1.82) is 0 Å². The number of rotatable bonds is 5. The van der Waals surface area contributed by atoms with Crippen LogP contribution in [0.5, 0.6) is 0 Å². The zero-order valence-electron chi connectivity index (χ0n) is 9.40. The van der Waals surface area contributed by atoms with Gasteiger partial charge in [-0.3, -0.25) is 9.59 Å². The predicted molar refractivity (Wildman–Crippen MR) is 65.2 cm³/mol. The van der Waals surface area contributed by atoms with Gasteiger partial charge in [-0.2, -0.15) is 0 Å². The monoisotopic (exact) mass is 237 g/mol. The molecule has 2 N–H and O–H groups in total. The number of ketones is 1. The van der Waals surface area contributed by atoms with Crippen molar-refractivity contribution in [2.75, 3.05) is 0 Å². The van der Waals surface area contributed by atoms with Crippen molar-refractivity contribution < 1.29 is 9.59 Å². The molecule has 0 aliphatic heterocycles. The van der Waals surface area contributed by atoms with Crippen LogP contribution in [0.25, 0.3) is 0 Å². The molecule has 0 bridgehead atoms. The van der Waals surface area contributed by atoms with E-state index in [4.69, 9.17) is 5.73 Å². The van der Waals surface area contributed by atoms with Crippen molar-refractivity contribution in [2.24, 2.45) is 5.73 Å². The Kier molecular flexibility index (Phi) is 4.12. The Morgan fingerprint density at radius 2 is 1.81 bits per heavy atom. The number of hydrogen-bond acceptors (Lipinski definition) is 3. The van der Waals surface area contributed by atoms with E-state index in [1.54, 1.807) is 13.8 Å². The molecule has 1 aromatic rings. The Bertz CT molecular complexity index is 387. The van der Waals surface area contributed by atoms with Crippen LogP contribution in [0.1, 0.15) is 20.3 Å². The van der Waals surface area contributed by atoms with Crippen molar-refractivity contribution in [2.45, 2.75) is 29.9 Å². The second-order valence-corrected chi connectivity index (χ2v) is 5.69. The molecule has 0 aliphatic rings. The summed E-state index contributed by atoms with van der Waals surface area (Å²) in [5, 5.41) is 0. The molecule has 86 valence electrons. The van der Waals surface area contributed by atoms with Gasteiger partial charge in [0, 0.05) is 4.90 Å². The lowest BCUT2D eigenvalue weighted by atomic mass is 10.1. The van der Waals surface area contributed by atoms with Crippen molar-refractivity contribution in [3.8, 4) is 0 Å². The number of nitrogens with two attached hydrogens (primary N) is 1. The molecule has 0 aromatic heterocycles. The molecule has 0 atom stereocenters. The molecule has 0 saturated carbocycles. The Hall–Kier alpha value is -1.29. The van der Waals surface area contributed by atoms with Crippen LogP contribution in [0.3, 0.4) is 0 Å². The minimum Gasteiger partial charge on any atom is -0.369 e. The SMILES string of the molecule is CC(C)(Sc1ccccc1)C(=O)CC(N)=O. The summed E-state index contributed by atoms with van der Waals surface area (Å²) in [5.74, 6) is -0.722. The van der Waals surface area contributed by atoms with E-state index in [9.17, 15) is 9.59 Å². The van der Waals surface area contributed by atoms with Gasteiger partial charge in [-0.15, -0.1) is 11.8 Å². The normalized spacial score (nSPS) is 11.1. The third-order valence-corrected chi connectivity index (χ3v) is 3.37. The first kappa shape index (κ1) is 12.8. The molecule has 4 heteroatoms. The maximum absolute atomic E-state index is 11.8. The first-order valence-corrected chi connectivity index (χ1v) is 5.79. The third kappa shape index (κ3) is 3.70. The maximum Gasteiger partial charge on any atom is 0.224 e. The fourth-order valence-electron chi connectivity index (χ4n) is 1.21. The Morgan fingerprint density at radius 3 is 2.31 bits per heavy atom. The van der Waals surface area contributed by atoms with E-state index < -0.39 is 10.7 Å². The summed E-state index contributed by atoms with van der Waals surface area (Å²) in [4.78, 5) is 23.5. The fourth-order valence-corrected chi connectivity index (χ4v) is 2.28. The Morgan fingerprint density at radius 1 is 1.25 bits per heavy atom. The van der Waals surface area contributed by atoms with Gasteiger partial charge in [0.05, 0.1) is 11.2 Å². The molecule has 3 nitrogen and oxygen atoms in total. The van der Waals surface area contributed by atoms with Gasteiger partial charge in [-0.1, -0.05) is 18.2 Å². The highest BCUT2D eigenvalue weighted by Crippen LogP contribution is 2.33. The first-order valence-electron chi connectivity index (χ1n) is 4.97. The second kappa shape index (κ2) is 5.16. The number of primary amides is 1. The van der Waals surface area contributed by atoms with Crippen LogP contribution >= 0.6 is 11.8 Å². The number of carbonyl (C=O) groups is 2. The van der Waals surface area contributed by atoms with Crippen LogP contribution in [0.4, 0.5) is 0 Å². The molecule has 0 saturated heterocycles. The molecule has 0 unspecified atom stereocenters. The van der Waals surface area contributed by atoms with Crippen LogP contribution < -0.4 is 5.73 Å². The second-order valence-electron chi connectivity index (χ2n) is 3.99. The van der Waals surface area contributed by atoms with Gasteiger partial charge in [-0.25, -0.2) is 0 Å². The molecule has 0 fully saturated rings. The molecular formula is C12H15NO2S. The van der Waals surface area contributed by atoms with Gasteiger partial charge in [0.1, 0.15) is 0 Å². The van der Waals surface area contributed by atoms with E-state index in [-0.39, 0.29) is 12.2 Å². The highest BCUT2D eigenvalue weighted by atomic mass is 32.2. The smallest absolute Gasteiger partial charge is 0.224 e. The lowest BCUT2D eigenvalue weighted by Crippen LogP contribution is -2.31. The number of benzene rings is 1.